The molecule has 1 fully saturated rings. The second kappa shape index (κ2) is 5.08. The smallest absolute Gasteiger partial charge is 0.264 e. The van der Waals surface area contributed by atoms with Crippen LogP contribution in [0.15, 0.2) is 28.7 Å². The van der Waals surface area contributed by atoms with Crippen molar-refractivity contribution < 1.29 is 13.0 Å². The Morgan fingerprint density at radius 3 is 2.35 bits per heavy atom. The summed E-state index contributed by atoms with van der Waals surface area (Å²) in [7, 11) is -3.79. The highest BCUT2D eigenvalue weighted by atomic mass is 79.9. The summed E-state index contributed by atoms with van der Waals surface area (Å²) >= 11 is 3.40. The van der Waals surface area contributed by atoms with Crippen molar-refractivity contribution in [1.82, 2.24) is 0 Å². The average Bonchev–Trinajstić information content (AvgIpc) is 2.16. The first-order valence-corrected chi connectivity index (χ1v) is 8.05. The van der Waals surface area contributed by atoms with Crippen molar-refractivity contribution >= 4 is 26.0 Å². The van der Waals surface area contributed by atoms with Gasteiger partial charge in [-0.05, 0) is 48.8 Å². The Morgan fingerprint density at radius 2 is 1.82 bits per heavy atom. The summed E-state index contributed by atoms with van der Waals surface area (Å²) in [5.41, 5.74) is 1.32. The molecular formula is C12H15BrO3S. The molecule has 0 spiro atoms. The molecule has 0 atom stereocenters. The molecule has 1 aliphatic carbocycles. The minimum Gasteiger partial charge on any atom is -0.286 e. The van der Waals surface area contributed by atoms with Gasteiger partial charge in [0, 0.05) is 4.47 Å². The zero-order chi connectivity index (χ0) is 12.5. The van der Waals surface area contributed by atoms with E-state index in [2.05, 4.69) is 28.1 Å². The van der Waals surface area contributed by atoms with E-state index in [1.807, 2.05) is 12.1 Å². The molecule has 1 saturated carbocycles. The first kappa shape index (κ1) is 13.1. The summed E-state index contributed by atoms with van der Waals surface area (Å²) in [5.74, 6) is 0.880. The Bertz CT molecular complexity index is 475. The maximum Gasteiger partial charge on any atom is 0.264 e. The lowest BCUT2D eigenvalue weighted by atomic mass is 9.70. The molecular weight excluding hydrogens is 304 g/mol. The summed E-state index contributed by atoms with van der Waals surface area (Å²) in [6, 6.07) is 8.27. The van der Waals surface area contributed by atoms with Gasteiger partial charge < -0.3 is 0 Å². The van der Waals surface area contributed by atoms with Crippen molar-refractivity contribution in [3.63, 3.8) is 0 Å². The van der Waals surface area contributed by atoms with E-state index >= 15 is 0 Å². The first-order chi connectivity index (χ1) is 7.94. The molecule has 3 nitrogen and oxygen atoms in total. The highest BCUT2D eigenvalue weighted by Gasteiger charge is 2.30. The van der Waals surface area contributed by atoms with Gasteiger partial charge in [0.25, 0.3) is 10.1 Å². The molecule has 1 aliphatic rings. The third-order valence-electron chi connectivity index (χ3n) is 3.36. The Hall–Kier alpha value is -0.390. The Morgan fingerprint density at radius 1 is 1.24 bits per heavy atom. The van der Waals surface area contributed by atoms with Gasteiger partial charge in [0.1, 0.15) is 0 Å². The fraction of sp³-hybridized carbons (Fsp3) is 0.500. The fourth-order valence-corrected chi connectivity index (χ4v) is 3.19. The van der Waals surface area contributed by atoms with Gasteiger partial charge >= 0.3 is 0 Å². The van der Waals surface area contributed by atoms with Crippen molar-refractivity contribution in [1.29, 1.82) is 0 Å². The van der Waals surface area contributed by atoms with Crippen molar-refractivity contribution in [3.8, 4) is 0 Å². The van der Waals surface area contributed by atoms with Crippen LogP contribution in [0.3, 0.4) is 0 Å². The van der Waals surface area contributed by atoms with Gasteiger partial charge in [-0.15, -0.1) is 0 Å². The first-order valence-electron chi connectivity index (χ1n) is 5.64. The van der Waals surface area contributed by atoms with Crippen molar-refractivity contribution in [3.05, 3.63) is 34.3 Å². The molecule has 1 N–H and O–H groups in total. The number of hydrogen-bond acceptors (Lipinski definition) is 2. The summed E-state index contributed by atoms with van der Waals surface area (Å²) in [5, 5.41) is 0. The molecule has 17 heavy (non-hydrogen) atoms. The Labute approximate surface area is 110 Å². The van der Waals surface area contributed by atoms with Gasteiger partial charge in [-0.25, -0.2) is 0 Å². The molecule has 0 unspecified atom stereocenters. The molecule has 1 aromatic rings. The van der Waals surface area contributed by atoms with Crippen LogP contribution in [-0.4, -0.2) is 18.7 Å². The predicted molar refractivity (Wildman–Crippen MR) is 70.6 cm³/mol. The molecule has 0 heterocycles. The molecule has 0 bridgehead atoms. The van der Waals surface area contributed by atoms with E-state index < -0.39 is 10.1 Å². The summed E-state index contributed by atoms with van der Waals surface area (Å²) in [6.07, 6.45) is 2.63. The summed E-state index contributed by atoms with van der Waals surface area (Å²) < 4.78 is 31.0. The van der Waals surface area contributed by atoms with Crippen LogP contribution in [0, 0.1) is 5.92 Å². The highest BCUT2D eigenvalue weighted by molar-refractivity contribution is 9.10. The van der Waals surface area contributed by atoms with E-state index in [0.29, 0.717) is 18.3 Å². The quantitative estimate of drug-likeness (QED) is 0.867. The van der Waals surface area contributed by atoms with E-state index in [4.69, 9.17) is 4.55 Å². The second-order valence-electron chi connectivity index (χ2n) is 4.66. The van der Waals surface area contributed by atoms with Crippen LogP contribution in [0.1, 0.15) is 30.7 Å². The standard InChI is InChI=1S/C12H15BrO3S/c13-12-3-1-10(2-4-12)11-7-9(8-11)5-6-17(14,15)16/h1-4,9,11H,5-8H2,(H,14,15,16). The van der Waals surface area contributed by atoms with Crippen LogP contribution >= 0.6 is 15.9 Å². The lowest BCUT2D eigenvalue weighted by molar-refractivity contribution is 0.255. The topological polar surface area (TPSA) is 54.4 Å². The monoisotopic (exact) mass is 318 g/mol. The molecule has 94 valence electrons. The van der Waals surface area contributed by atoms with Crippen LogP contribution < -0.4 is 0 Å². The molecule has 5 heteroatoms. The van der Waals surface area contributed by atoms with Gasteiger partial charge in [-0.3, -0.25) is 4.55 Å². The molecule has 0 saturated heterocycles. The highest BCUT2D eigenvalue weighted by Crippen LogP contribution is 2.43. The fourth-order valence-electron chi connectivity index (χ4n) is 2.29. The van der Waals surface area contributed by atoms with Crippen LogP contribution in [0.5, 0.6) is 0 Å². The molecule has 0 aliphatic heterocycles. The second-order valence-corrected chi connectivity index (χ2v) is 7.15. The van der Waals surface area contributed by atoms with Gasteiger partial charge in [-0.1, -0.05) is 28.1 Å². The maximum atomic E-state index is 10.6. The van der Waals surface area contributed by atoms with Gasteiger partial charge in [-0.2, -0.15) is 8.42 Å². The van der Waals surface area contributed by atoms with Crippen molar-refractivity contribution in [2.24, 2.45) is 5.92 Å². The SMILES string of the molecule is O=S(=O)(O)CCC1CC(c2ccc(Br)cc2)C1. The van der Waals surface area contributed by atoms with Crippen LogP contribution in [0.4, 0.5) is 0 Å². The predicted octanol–water partition coefficient (Wildman–Crippen LogP) is 3.22. The number of hydrogen-bond donors (Lipinski definition) is 1. The van der Waals surface area contributed by atoms with Crippen LogP contribution in [0.25, 0.3) is 0 Å². The minimum absolute atomic E-state index is 0.106. The van der Waals surface area contributed by atoms with Gasteiger partial charge in [0.15, 0.2) is 0 Å². The Balaban J connectivity index is 1.81. The minimum atomic E-state index is -3.79. The number of rotatable bonds is 4. The Kier molecular flexibility index (Phi) is 3.90. The molecule has 2 rings (SSSR count). The zero-order valence-electron chi connectivity index (χ0n) is 9.34. The summed E-state index contributed by atoms with van der Waals surface area (Å²) in [6.45, 7) is 0. The number of halogens is 1. The van der Waals surface area contributed by atoms with E-state index in [0.717, 1.165) is 17.3 Å². The molecule has 0 aromatic heterocycles. The third kappa shape index (κ3) is 3.79. The van der Waals surface area contributed by atoms with E-state index in [9.17, 15) is 8.42 Å². The lowest BCUT2D eigenvalue weighted by Crippen LogP contribution is -2.24. The van der Waals surface area contributed by atoms with Crippen LogP contribution in [0.2, 0.25) is 0 Å². The molecule has 0 amide bonds. The van der Waals surface area contributed by atoms with Crippen molar-refractivity contribution in [2.75, 3.05) is 5.75 Å². The van der Waals surface area contributed by atoms with Gasteiger partial charge in [0.2, 0.25) is 0 Å². The summed E-state index contributed by atoms with van der Waals surface area (Å²) in [4.78, 5) is 0. The van der Waals surface area contributed by atoms with E-state index in [1.54, 1.807) is 0 Å². The zero-order valence-corrected chi connectivity index (χ0v) is 11.7. The van der Waals surface area contributed by atoms with Gasteiger partial charge in [0.05, 0.1) is 5.75 Å². The molecule has 0 radical (unpaired) electrons. The third-order valence-corrected chi connectivity index (χ3v) is 4.64. The maximum absolute atomic E-state index is 10.6. The average molecular weight is 319 g/mol. The van der Waals surface area contributed by atoms with Crippen molar-refractivity contribution in [2.45, 2.75) is 25.2 Å². The van der Waals surface area contributed by atoms with Crippen LogP contribution in [-0.2, 0) is 10.1 Å². The normalized spacial score (nSPS) is 24.4. The lowest BCUT2D eigenvalue weighted by Gasteiger charge is -2.35. The van der Waals surface area contributed by atoms with E-state index in [1.165, 1.54) is 5.56 Å². The molecule has 1 aromatic carbocycles. The largest absolute Gasteiger partial charge is 0.286 e. The number of benzene rings is 1. The van der Waals surface area contributed by atoms with E-state index in [-0.39, 0.29) is 5.75 Å².